The van der Waals surface area contributed by atoms with Crippen LogP contribution in [-0.2, 0) is 7.05 Å². The molecule has 0 N–H and O–H groups in total. The average Bonchev–Trinajstić information content (AvgIpc) is 2.91. The Labute approximate surface area is 145 Å². The average molecular weight is 343 g/mol. The monoisotopic (exact) mass is 343 g/mol. The first-order valence-electron chi connectivity index (χ1n) is 7.61. The third-order valence-corrected chi connectivity index (χ3v) is 5.16. The van der Waals surface area contributed by atoms with Crippen LogP contribution in [0, 0.1) is 0 Å². The molecule has 0 aliphatic carbocycles. The molecule has 0 spiro atoms. The third kappa shape index (κ3) is 3.12. The predicted molar refractivity (Wildman–Crippen MR) is 99.3 cm³/mol. The number of rotatable bonds is 4. The highest BCUT2D eigenvalue weighted by atomic mass is 32.1. The predicted octanol–water partition coefficient (Wildman–Crippen LogP) is 4.27. The number of hydrogen-bond donors (Lipinski definition) is 0. The number of aryl methyl sites for hydroxylation is 1. The van der Waals surface area contributed by atoms with Gasteiger partial charge in [0.05, 0.1) is 7.11 Å². The molecule has 0 bridgehead atoms. The molecule has 1 heterocycles. The third-order valence-electron chi connectivity index (χ3n) is 3.95. The molecule has 124 valence electrons. The topological polar surface area (TPSA) is 16.4 Å². The molecule has 5 heteroatoms. The van der Waals surface area contributed by atoms with Crippen molar-refractivity contribution in [1.29, 1.82) is 0 Å². The quantitative estimate of drug-likeness (QED) is 0.658. The summed E-state index contributed by atoms with van der Waals surface area (Å²) in [5, 5.41) is 0.593. The number of nitrogens with zero attached hydrogens (tertiary/aromatic N) is 2. The fourth-order valence-corrected chi connectivity index (χ4v) is 3.63. The van der Waals surface area contributed by atoms with Crippen molar-refractivity contribution in [3.05, 3.63) is 53.0 Å². The van der Waals surface area contributed by atoms with E-state index in [0.717, 1.165) is 27.2 Å². The largest absolute Gasteiger partial charge is 0.497 e. The summed E-state index contributed by atoms with van der Waals surface area (Å²) >= 11 is 1.42. The van der Waals surface area contributed by atoms with Gasteiger partial charge in [-0.15, -0.1) is 0 Å². The summed E-state index contributed by atoms with van der Waals surface area (Å²) in [6.07, 6.45) is 1.57. The smallest absolute Gasteiger partial charge is 0.298 e. The summed E-state index contributed by atoms with van der Waals surface area (Å²) in [7, 11) is 7.48. The van der Waals surface area contributed by atoms with Crippen LogP contribution in [0.15, 0.2) is 42.5 Å². The molecular weight excluding hydrogens is 323 g/mol. The molecule has 0 fully saturated rings. The summed E-state index contributed by atoms with van der Waals surface area (Å²) in [5.74, 6) is 0.537. The highest BCUT2D eigenvalue weighted by Gasteiger charge is 2.21. The fourth-order valence-electron chi connectivity index (χ4n) is 2.55. The SMILES string of the molecule is COc1ccc2c(c1)sc(/C(F)=C/c1ccc(N(C)C)cc1)[n+]2C. The van der Waals surface area contributed by atoms with Gasteiger partial charge in [0.1, 0.15) is 17.5 Å². The molecule has 0 atom stereocenters. The molecule has 0 saturated carbocycles. The first-order valence-corrected chi connectivity index (χ1v) is 8.43. The van der Waals surface area contributed by atoms with Crippen molar-refractivity contribution in [1.82, 2.24) is 0 Å². The van der Waals surface area contributed by atoms with Crippen molar-refractivity contribution >= 4 is 39.1 Å². The molecule has 0 radical (unpaired) electrons. The molecule has 2 aromatic carbocycles. The number of anilines is 1. The van der Waals surface area contributed by atoms with E-state index in [0.29, 0.717) is 5.01 Å². The Balaban J connectivity index is 1.98. The van der Waals surface area contributed by atoms with E-state index in [-0.39, 0.29) is 5.83 Å². The minimum Gasteiger partial charge on any atom is -0.497 e. The van der Waals surface area contributed by atoms with Crippen LogP contribution in [0.4, 0.5) is 10.1 Å². The van der Waals surface area contributed by atoms with Crippen molar-refractivity contribution in [3.63, 3.8) is 0 Å². The molecule has 0 unspecified atom stereocenters. The van der Waals surface area contributed by atoms with Gasteiger partial charge < -0.3 is 9.64 Å². The van der Waals surface area contributed by atoms with E-state index in [2.05, 4.69) is 0 Å². The standard InChI is InChI=1S/C19H20FN2OS/c1-21(2)14-7-5-13(6-8-14)11-16(20)19-22(3)17-10-9-15(23-4)12-18(17)24-19/h5-12H,1-4H3/q+1. The summed E-state index contributed by atoms with van der Waals surface area (Å²) in [5.41, 5.74) is 2.92. The maximum absolute atomic E-state index is 14.8. The van der Waals surface area contributed by atoms with Gasteiger partial charge in [-0.3, -0.25) is 0 Å². The van der Waals surface area contributed by atoms with Crippen LogP contribution in [0.2, 0.25) is 0 Å². The zero-order chi connectivity index (χ0) is 17.3. The van der Waals surface area contributed by atoms with Gasteiger partial charge in [-0.25, -0.2) is 0 Å². The lowest BCUT2D eigenvalue weighted by Gasteiger charge is -2.11. The summed E-state index contributed by atoms with van der Waals surface area (Å²) in [4.78, 5) is 2.02. The highest BCUT2D eigenvalue weighted by Crippen LogP contribution is 2.30. The van der Waals surface area contributed by atoms with Crippen molar-refractivity contribution in [2.45, 2.75) is 0 Å². The first-order chi connectivity index (χ1) is 11.5. The van der Waals surface area contributed by atoms with Crippen LogP contribution in [0.5, 0.6) is 5.75 Å². The number of fused-ring (bicyclic) bond motifs is 1. The normalized spacial score (nSPS) is 11.8. The molecule has 0 amide bonds. The second-order valence-corrected chi connectivity index (χ2v) is 6.81. The Hall–Kier alpha value is -2.40. The number of ether oxygens (including phenoxy) is 1. The fraction of sp³-hybridized carbons (Fsp3) is 0.211. The molecule has 0 saturated heterocycles. The number of hydrogen-bond acceptors (Lipinski definition) is 3. The molecule has 3 rings (SSSR count). The van der Waals surface area contributed by atoms with E-state index in [1.807, 2.05) is 73.1 Å². The van der Waals surface area contributed by atoms with Gasteiger partial charge in [0.2, 0.25) is 11.3 Å². The Bertz CT molecular complexity index is 898. The van der Waals surface area contributed by atoms with Gasteiger partial charge in [0, 0.05) is 31.9 Å². The lowest BCUT2D eigenvalue weighted by atomic mass is 10.2. The first kappa shape index (κ1) is 16.5. The zero-order valence-electron chi connectivity index (χ0n) is 14.2. The molecule has 3 nitrogen and oxygen atoms in total. The Morgan fingerprint density at radius 2 is 1.88 bits per heavy atom. The second-order valence-electron chi connectivity index (χ2n) is 5.78. The number of benzene rings is 2. The van der Waals surface area contributed by atoms with Crippen molar-refractivity contribution < 1.29 is 13.7 Å². The van der Waals surface area contributed by atoms with E-state index < -0.39 is 0 Å². The van der Waals surface area contributed by atoms with Crippen LogP contribution in [-0.4, -0.2) is 21.2 Å². The van der Waals surface area contributed by atoms with E-state index in [9.17, 15) is 4.39 Å². The molecule has 0 aliphatic rings. The van der Waals surface area contributed by atoms with Gasteiger partial charge in [-0.05, 0) is 29.8 Å². The second kappa shape index (κ2) is 6.61. The zero-order valence-corrected chi connectivity index (χ0v) is 15.0. The highest BCUT2D eigenvalue weighted by molar-refractivity contribution is 7.19. The van der Waals surface area contributed by atoms with E-state index in [4.69, 9.17) is 4.74 Å². The number of aromatic nitrogens is 1. The van der Waals surface area contributed by atoms with Crippen LogP contribution in [0.1, 0.15) is 10.6 Å². The van der Waals surface area contributed by atoms with E-state index >= 15 is 0 Å². The van der Waals surface area contributed by atoms with Crippen molar-refractivity contribution in [2.75, 3.05) is 26.1 Å². The van der Waals surface area contributed by atoms with Gasteiger partial charge in [0.15, 0.2) is 0 Å². The van der Waals surface area contributed by atoms with E-state index in [1.54, 1.807) is 13.2 Å². The van der Waals surface area contributed by atoms with Gasteiger partial charge >= 0.3 is 0 Å². The lowest BCUT2D eigenvalue weighted by molar-refractivity contribution is -0.643. The number of thiazole rings is 1. The minimum absolute atomic E-state index is 0.240. The Morgan fingerprint density at radius 1 is 1.17 bits per heavy atom. The van der Waals surface area contributed by atoms with Gasteiger partial charge in [-0.1, -0.05) is 23.5 Å². The van der Waals surface area contributed by atoms with Crippen molar-refractivity contribution in [3.8, 4) is 5.75 Å². The van der Waals surface area contributed by atoms with Crippen LogP contribution < -0.4 is 14.2 Å². The maximum Gasteiger partial charge on any atom is 0.298 e. The molecule has 3 aromatic rings. The van der Waals surface area contributed by atoms with Gasteiger partial charge in [0.25, 0.3) is 5.01 Å². The molecular formula is C19H20FN2OS+. The van der Waals surface area contributed by atoms with Crippen LogP contribution in [0.3, 0.4) is 0 Å². The minimum atomic E-state index is -0.240. The lowest BCUT2D eigenvalue weighted by Crippen LogP contribution is -2.29. The maximum atomic E-state index is 14.8. The summed E-state index contributed by atoms with van der Waals surface area (Å²) in [6, 6.07) is 13.6. The van der Waals surface area contributed by atoms with E-state index in [1.165, 1.54) is 11.3 Å². The molecule has 24 heavy (non-hydrogen) atoms. The number of halogens is 1. The van der Waals surface area contributed by atoms with Gasteiger partial charge in [-0.2, -0.15) is 8.96 Å². The van der Waals surface area contributed by atoms with Crippen LogP contribution in [0.25, 0.3) is 22.1 Å². The number of methoxy groups -OCH3 is 1. The summed E-state index contributed by atoms with van der Waals surface area (Å²) in [6.45, 7) is 0. The Morgan fingerprint density at radius 3 is 2.50 bits per heavy atom. The molecule has 0 aliphatic heterocycles. The Kier molecular flexibility index (Phi) is 4.53. The van der Waals surface area contributed by atoms with Crippen molar-refractivity contribution in [2.24, 2.45) is 7.05 Å². The van der Waals surface area contributed by atoms with Crippen LogP contribution >= 0.6 is 11.3 Å². The molecule has 1 aromatic heterocycles. The summed E-state index contributed by atoms with van der Waals surface area (Å²) < 4.78 is 22.9.